The van der Waals surface area contributed by atoms with Crippen LogP contribution in [0.15, 0.2) is 11.1 Å². The Balaban J connectivity index is 1.44. The average molecular weight is 603 g/mol. The number of Topliss-reactive ketones (excluding diaryl/α,β-unsaturated/α-hetero) is 1. The van der Waals surface area contributed by atoms with Crippen LogP contribution in [0.5, 0.6) is 0 Å². The number of hydrogen-bond acceptors (Lipinski definition) is 8. The zero-order valence-corrected chi connectivity index (χ0v) is 27.0. The summed E-state index contributed by atoms with van der Waals surface area (Å²) in [6.07, 6.45) is 0.181. The van der Waals surface area contributed by atoms with Crippen molar-refractivity contribution in [1.82, 2.24) is 0 Å². The molecule has 0 aromatic carbocycles. The Kier molecular flexibility index (Phi) is 7.57. The van der Waals surface area contributed by atoms with Gasteiger partial charge in [-0.05, 0) is 87.5 Å². The van der Waals surface area contributed by atoms with Gasteiger partial charge in [0.15, 0.2) is 0 Å². The maximum Gasteiger partial charge on any atom is 0.334 e. The van der Waals surface area contributed by atoms with Crippen LogP contribution in [0.2, 0.25) is 0 Å². The summed E-state index contributed by atoms with van der Waals surface area (Å²) in [5, 5.41) is 33.1. The summed E-state index contributed by atoms with van der Waals surface area (Å²) in [4.78, 5) is 50.7. The van der Waals surface area contributed by atoms with E-state index in [4.69, 9.17) is 14.6 Å². The maximum atomic E-state index is 15.1. The molecule has 11 atom stereocenters. The minimum atomic E-state index is -1.24. The van der Waals surface area contributed by atoms with Gasteiger partial charge >= 0.3 is 17.9 Å². The fourth-order valence-corrected chi connectivity index (χ4v) is 11.0. The van der Waals surface area contributed by atoms with Gasteiger partial charge in [0.05, 0.1) is 17.6 Å². The summed E-state index contributed by atoms with van der Waals surface area (Å²) >= 11 is 0. The van der Waals surface area contributed by atoms with E-state index in [0.717, 1.165) is 12.0 Å². The van der Waals surface area contributed by atoms with E-state index in [9.17, 15) is 24.6 Å². The lowest BCUT2D eigenvalue weighted by atomic mass is 9.40. The number of rotatable bonds is 6. The molecular weight excluding hydrogens is 552 g/mol. The first-order valence-electron chi connectivity index (χ1n) is 16.0. The highest BCUT2D eigenvalue weighted by Crippen LogP contribution is 2.76. The second kappa shape index (κ2) is 10.1. The molecule has 0 aromatic heterocycles. The molecule has 5 rings (SSSR count). The van der Waals surface area contributed by atoms with E-state index in [1.54, 1.807) is 6.92 Å². The number of carbonyl (C=O) groups excluding carboxylic acids is 3. The van der Waals surface area contributed by atoms with E-state index in [1.165, 1.54) is 0 Å². The first kappa shape index (κ1) is 32.1. The van der Waals surface area contributed by atoms with Crippen molar-refractivity contribution in [2.75, 3.05) is 0 Å². The predicted octanol–water partition coefficient (Wildman–Crippen LogP) is 4.61. The van der Waals surface area contributed by atoms with Gasteiger partial charge in [-0.25, -0.2) is 4.79 Å². The molecule has 43 heavy (non-hydrogen) atoms. The molecule has 0 aromatic rings. The van der Waals surface area contributed by atoms with Gasteiger partial charge in [-0.3, -0.25) is 14.4 Å². The number of carboxylic acids is 1. The molecule has 1 aliphatic heterocycles. The number of ether oxygens (including phenoxy) is 2. The summed E-state index contributed by atoms with van der Waals surface area (Å²) in [5.41, 5.74) is -2.37. The van der Waals surface area contributed by atoms with Crippen molar-refractivity contribution in [3.8, 4) is 0 Å². The molecular formula is C34H50O9. The lowest BCUT2D eigenvalue weighted by Crippen LogP contribution is -2.68. The van der Waals surface area contributed by atoms with Crippen LogP contribution in [0, 0.1) is 44.8 Å². The van der Waals surface area contributed by atoms with Crippen LogP contribution in [-0.2, 0) is 28.7 Å². The van der Waals surface area contributed by atoms with E-state index in [1.807, 2.05) is 27.7 Å². The predicted molar refractivity (Wildman–Crippen MR) is 156 cm³/mol. The van der Waals surface area contributed by atoms with Crippen LogP contribution >= 0.6 is 0 Å². The lowest BCUT2D eigenvalue weighted by Gasteiger charge is -2.63. The van der Waals surface area contributed by atoms with E-state index in [2.05, 4.69) is 20.8 Å². The minimum Gasteiger partial charge on any atom is -0.481 e. The minimum absolute atomic E-state index is 0.0317. The molecule has 1 spiro atoms. The van der Waals surface area contributed by atoms with Crippen LogP contribution in [-0.4, -0.2) is 63.4 Å². The Morgan fingerprint density at radius 2 is 1.67 bits per heavy atom. The monoisotopic (exact) mass is 602 g/mol. The molecule has 4 saturated carbocycles. The molecule has 4 fully saturated rings. The van der Waals surface area contributed by atoms with Crippen molar-refractivity contribution in [1.29, 1.82) is 0 Å². The van der Waals surface area contributed by atoms with Gasteiger partial charge in [-0.2, -0.15) is 0 Å². The molecule has 11 unspecified atom stereocenters. The molecule has 9 nitrogen and oxygen atoms in total. The third-order valence-electron chi connectivity index (χ3n) is 14.0. The molecule has 5 aliphatic rings. The molecule has 240 valence electrons. The van der Waals surface area contributed by atoms with Gasteiger partial charge in [0.25, 0.3) is 0 Å². The topological polar surface area (TPSA) is 147 Å². The molecule has 0 amide bonds. The van der Waals surface area contributed by atoms with Crippen molar-refractivity contribution in [2.24, 2.45) is 44.8 Å². The number of carboxylic acid groups (broad SMARTS) is 1. The third-order valence-corrected chi connectivity index (χ3v) is 14.0. The molecule has 0 bridgehead atoms. The second-order valence-corrected chi connectivity index (χ2v) is 15.8. The standard InChI is InChI=1S/C34H50O9/c1-17(13-21-18(2)19(3)28(40)42-21)20-9-11-32(7)29(41)34(16-24(36)33(20,32)8)23(35)14-22-30(4,5)25(10-12-31(22,34)6)43-27(39)15-26(37)38/h17,20-25,35-36H,9-16H2,1-8H3,(H,37,38). The highest BCUT2D eigenvalue weighted by molar-refractivity contribution is 5.94. The third kappa shape index (κ3) is 4.15. The van der Waals surface area contributed by atoms with Crippen LogP contribution in [0.25, 0.3) is 0 Å². The summed E-state index contributed by atoms with van der Waals surface area (Å²) < 4.78 is 11.3. The van der Waals surface area contributed by atoms with Crippen LogP contribution in [0.4, 0.5) is 0 Å². The Labute approximate surface area is 254 Å². The summed E-state index contributed by atoms with van der Waals surface area (Å²) in [6, 6.07) is 0. The highest BCUT2D eigenvalue weighted by Gasteiger charge is 2.78. The molecule has 3 N–H and O–H groups in total. The van der Waals surface area contributed by atoms with E-state index in [0.29, 0.717) is 37.7 Å². The summed E-state index contributed by atoms with van der Waals surface area (Å²) in [5.74, 6) is -2.32. The second-order valence-electron chi connectivity index (χ2n) is 15.8. The van der Waals surface area contributed by atoms with E-state index >= 15 is 4.79 Å². The Hall–Kier alpha value is -2.26. The zero-order valence-electron chi connectivity index (χ0n) is 27.0. The van der Waals surface area contributed by atoms with Crippen molar-refractivity contribution in [3.63, 3.8) is 0 Å². The van der Waals surface area contributed by atoms with Gasteiger partial charge in [-0.1, -0.05) is 41.5 Å². The molecule has 0 saturated heterocycles. The summed E-state index contributed by atoms with van der Waals surface area (Å²) in [6.45, 7) is 15.9. The zero-order chi connectivity index (χ0) is 32.1. The van der Waals surface area contributed by atoms with Gasteiger partial charge in [0, 0.05) is 21.8 Å². The smallest absolute Gasteiger partial charge is 0.334 e. The summed E-state index contributed by atoms with van der Waals surface area (Å²) in [7, 11) is 0. The van der Waals surface area contributed by atoms with Crippen molar-refractivity contribution in [2.45, 2.75) is 131 Å². The van der Waals surface area contributed by atoms with Crippen LogP contribution in [0.1, 0.15) is 107 Å². The van der Waals surface area contributed by atoms with E-state index in [-0.39, 0.29) is 42.0 Å². The van der Waals surface area contributed by atoms with Crippen molar-refractivity contribution in [3.05, 3.63) is 11.1 Å². The highest BCUT2D eigenvalue weighted by atomic mass is 16.6. The largest absolute Gasteiger partial charge is 0.481 e. The number of fused-ring (bicyclic) bond motifs is 3. The molecule has 0 radical (unpaired) electrons. The molecule has 9 heteroatoms. The number of aliphatic hydroxyl groups is 2. The fourth-order valence-electron chi connectivity index (χ4n) is 11.0. The quantitative estimate of drug-likeness (QED) is 0.293. The molecule has 1 heterocycles. The van der Waals surface area contributed by atoms with Crippen LogP contribution < -0.4 is 0 Å². The lowest BCUT2D eigenvalue weighted by molar-refractivity contribution is -0.211. The fraction of sp³-hybridized carbons (Fsp3) is 0.824. The Morgan fingerprint density at radius 3 is 2.26 bits per heavy atom. The van der Waals surface area contributed by atoms with Gasteiger partial charge in [-0.15, -0.1) is 0 Å². The van der Waals surface area contributed by atoms with Gasteiger partial charge in [0.2, 0.25) is 0 Å². The number of cyclic esters (lactones) is 1. The van der Waals surface area contributed by atoms with Crippen LogP contribution in [0.3, 0.4) is 0 Å². The normalized spacial score (nSPS) is 46.0. The van der Waals surface area contributed by atoms with E-state index < -0.39 is 63.7 Å². The number of ketones is 1. The SMILES string of the molecule is CC1=C(C)C(CC(C)C2CCC3(C)C(=O)C4(CC(O)C23C)C(O)CC2C(C)(C)C(OC(=O)CC(=O)O)CCC24C)OC1=O. The number of aliphatic hydroxyl groups excluding tert-OH is 2. The van der Waals surface area contributed by atoms with Crippen molar-refractivity contribution < 1.29 is 44.0 Å². The number of carbonyl (C=O) groups is 4. The number of hydrogen-bond donors (Lipinski definition) is 3. The average Bonchev–Trinajstić information content (AvgIpc) is 3.42. The van der Waals surface area contributed by atoms with Crippen molar-refractivity contribution >= 4 is 23.7 Å². The van der Waals surface area contributed by atoms with Gasteiger partial charge in [0.1, 0.15) is 24.4 Å². The Morgan fingerprint density at radius 1 is 1.02 bits per heavy atom. The Bertz CT molecular complexity index is 1270. The van der Waals surface area contributed by atoms with Gasteiger partial charge < -0.3 is 24.8 Å². The number of aliphatic carboxylic acids is 1. The first-order chi connectivity index (χ1) is 19.8. The first-order valence-corrected chi connectivity index (χ1v) is 16.0. The molecule has 4 aliphatic carbocycles. The number of esters is 2. The maximum absolute atomic E-state index is 15.1.